The van der Waals surface area contributed by atoms with Gasteiger partial charge in [0.05, 0.1) is 13.2 Å². The summed E-state index contributed by atoms with van der Waals surface area (Å²) in [7, 11) is 0. The zero-order valence-corrected chi connectivity index (χ0v) is 8.92. The molecule has 0 aromatic carbocycles. The van der Waals surface area contributed by atoms with Gasteiger partial charge in [0, 0.05) is 6.04 Å². The Labute approximate surface area is 88.5 Å². The number of ether oxygens (including phenoxy) is 1. The number of aliphatic hydroxyl groups excluding tert-OH is 3. The van der Waals surface area contributed by atoms with Crippen LogP contribution in [0, 0.1) is 0 Å². The lowest BCUT2D eigenvalue weighted by atomic mass is 9.97. The van der Waals surface area contributed by atoms with Crippen LogP contribution in [0.1, 0.15) is 13.8 Å². The summed E-state index contributed by atoms with van der Waals surface area (Å²) in [6.07, 6.45) is -4.08. The van der Waals surface area contributed by atoms with E-state index in [2.05, 4.69) is 5.32 Å². The lowest BCUT2D eigenvalue weighted by Gasteiger charge is -2.42. The van der Waals surface area contributed by atoms with Crippen LogP contribution in [-0.2, 0) is 4.74 Å². The van der Waals surface area contributed by atoms with Gasteiger partial charge in [-0.05, 0) is 0 Å². The summed E-state index contributed by atoms with van der Waals surface area (Å²) in [5.41, 5.74) is 0. The zero-order chi connectivity index (χ0) is 11.6. The van der Waals surface area contributed by atoms with Crippen LogP contribution in [0.2, 0.25) is 0 Å². The summed E-state index contributed by atoms with van der Waals surface area (Å²) in [5, 5.41) is 40.9. The first-order chi connectivity index (χ1) is 6.87. The second-order valence-electron chi connectivity index (χ2n) is 4.19. The quantitative estimate of drug-likeness (QED) is 0.370. The molecule has 0 aliphatic carbocycles. The topological polar surface area (TPSA) is 102 Å². The molecule has 4 unspecified atom stereocenters. The summed E-state index contributed by atoms with van der Waals surface area (Å²) in [4.78, 5) is 0. The highest BCUT2D eigenvalue weighted by Crippen LogP contribution is 2.23. The Morgan fingerprint density at radius 3 is 2.53 bits per heavy atom. The monoisotopic (exact) mass is 221 g/mol. The van der Waals surface area contributed by atoms with Gasteiger partial charge in [-0.1, -0.05) is 13.8 Å². The van der Waals surface area contributed by atoms with Crippen molar-refractivity contribution in [3.05, 3.63) is 0 Å². The minimum Gasteiger partial charge on any atom is -0.388 e. The molecule has 1 heterocycles. The number of hydrogen-bond acceptors (Lipinski definition) is 6. The van der Waals surface area contributed by atoms with Crippen LogP contribution in [0.5, 0.6) is 0 Å². The first kappa shape index (κ1) is 12.8. The van der Waals surface area contributed by atoms with E-state index >= 15 is 0 Å². The van der Waals surface area contributed by atoms with E-state index in [1.807, 2.05) is 13.8 Å². The van der Waals surface area contributed by atoms with Crippen molar-refractivity contribution in [1.82, 2.24) is 5.32 Å². The van der Waals surface area contributed by atoms with Gasteiger partial charge in [0.25, 0.3) is 0 Å². The molecule has 0 saturated carbocycles. The van der Waals surface area contributed by atoms with E-state index in [0.29, 0.717) is 0 Å². The predicted octanol–water partition coefficient (Wildman–Crippen LogP) is -2.21. The standard InChI is InChI=1S/C9H19NO5/c1-5(2)10-4-9(14)8(13)7(12)6(11)3-15-9/h5-8,10-14H,3-4H2,1-2H3. The molecule has 0 aromatic heterocycles. The van der Waals surface area contributed by atoms with Gasteiger partial charge in [0.15, 0.2) is 0 Å². The Bertz CT molecular complexity index is 213. The zero-order valence-electron chi connectivity index (χ0n) is 8.92. The van der Waals surface area contributed by atoms with Crippen molar-refractivity contribution in [2.24, 2.45) is 0 Å². The maximum Gasteiger partial charge on any atom is 0.207 e. The first-order valence-corrected chi connectivity index (χ1v) is 5.01. The Hall–Kier alpha value is -0.240. The summed E-state index contributed by atoms with van der Waals surface area (Å²) in [6.45, 7) is 3.55. The van der Waals surface area contributed by atoms with Gasteiger partial charge < -0.3 is 30.5 Å². The van der Waals surface area contributed by atoms with Crippen LogP contribution in [-0.4, -0.2) is 63.7 Å². The van der Waals surface area contributed by atoms with Crippen molar-refractivity contribution in [2.45, 2.75) is 44.0 Å². The van der Waals surface area contributed by atoms with Gasteiger partial charge in [-0.15, -0.1) is 0 Å². The van der Waals surface area contributed by atoms with Crippen molar-refractivity contribution in [1.29, 1.82) is 0 Å². The second-order valence-corrected chi connectivity index (χ2v) is 4.19. The van der Waals surface area contributed by atoms with Gasteiger partial charge in [0.1, 0.15) is 18.3 Å². The van der Waals surface area contributed by atoms with Crippen molar-refractivity contribution in [3.63, 3.8) is 0 Å². The molecule has 4 atom stereocenters. The summed E-state index contributed by atoms with van der Waals surface area (Å²) >= 11 is 0. The van der Waals surface area contributed by atoms with E-state index in [4.69, 9.17) is 4.74 Å². The van der Waals surface area contributed by atoms with E-state index in [1.54, 1.807) is 0 Å². The van der Waals surface area contributed by atoms with Gasteiger partial charge in [-0.25, -0.2) is 0 Å². The average molecular weight is 221 g/mol. The fraction of sp³-hybridized carbons (Fsp3) is 1.00. The lowest BCUT2D eigenvalue weighted by Crippen LogP contribution is -2.64. The van der Waals surface area contributed by atoms with Crippen LogP contribution >= 0.6 is 0 Å². The van der Waals surface area contributed by atoms with Gasteiger partial charge in [-0.3, -0.25) is 0 Å². The normalized spacial score (nSPS) is 42.2. The highest BCUT2D eigenvalue weighted by molar-refractivity contribution is 4.92. The fourth-order valence-electron chi connectivity index (χ4n) is 1.40. The lowest BCUT2D eigenvalue weighted by molar-refractivity contribution is -0.318. The van der Waals surface area contributed by atoms with Crippen LogP contribution in [0.3, 0.4) is 0 Å². The Morgan fingerprint density at radius 1 is 1.40 bits per heavy atom. The van der Waals surface area contributed by atoms with E-state index < -0.39 is 24.1 Å². The van der Waals surface area contributed by atoms with Gasteiger partial charge in [-0.2, -0.15) is 0 Å². The number of hydrogen-bond donors (Lipinski definition) is 5. The molecule has 1 rings (SSSR count). The smallest absolute Gasteiger partial charge is 0.207 e. The van der Waals surface area contributed by atoms with Crippen LogP contribution in [0.15, 0.2) is 0 Å². The summed E-state index contributed by atoms with van der Waals surface area (Å²) < 4.78 is 4.94. The molecular weight excluding hydrogens is 202 g/mol. The SMILES string of the molecule is CC(C)NCC1(O)OCC(O)C(O)C1O. The molecule has 5 N–H and O–H groups in total. The molecule has 0 aromatic rings. The van der Waals surface area contributed by atoms with E-state index in [0.717, 1.165) is 0 Å². The van der Waals surface area contributed by atoms with Crippen molar-refractivity contribution >= 4 is 0 Å². The Morgan fingerprint density at radius 2 is 2.00 bits per heavy atom. The highest BCUT2D eigenvalue weighted by atomic mass is 16.6. The third kappa shape index (κ3) is 2.87. The summed E-state index contributed by atoms with van der Waals surface area (Å²) in [6, 6.07) is 0.119. The minimum absolute atomic E-state index is 0.00435. The van der Waals surface area contributed by atoms with Crippen LogP contribution in [0.25, 0.3) is 0 Å². The fourth-order valence-corrected chi connectivity index (χ4v) is 1.40. The molecule has 0 bridgehead atoms. The van der Waals surface area contributed by atoms with Gasteiger partial charge >= 0.3 is 0 Å². The van der Waals surface area contributed by atoms with Crippen molar-refractivity contribution in [3.8, 4) is 0 Å². The first-order valence-electron chi connectivity index (χ1n) is 5.01. The predicted molar refractivity (Wildman–Crippen MR) is 52.1 cm³/mol. The molecule has 1 saturated heterocycles. The molecule has 0 radical (unpaired) electrons. The molecule has 0 spiro atoms. The molecule has 1 aliphatic heterocycles. The number of nitrogens with one attached hydrogen (secondary N) is 1. The number of aliphatic hydroxyl groups is 4. The largest absolute Gasteiger partial charge is 0.388 e. The van der Waals surface area contributed by atoms with Crippen molar-refractivity contribution < 1.29 is 25.2 Å². The second kappa shape index (κ2) is 4.73. The third-order valence-electron chi connectivity index (χ3n) is 2.45. The Kier molecular flexibility index (Phi) is 4.05. The Balaban J connectivity index is 2.59. The maximum atomic E-state index is 9.87. The number of rotatable bonds is 3. The van der Waals surface area contributed by atoms with E-state index in [-0.39, 0.29) is 19.2 Å². The molecule has 1 fully saturated rings. The van der Waals surface area contributed by atoms with Crippen LogP contribution < -0.4 is 5.32 Å². The van der Waals surface area contributed by atoms with E-state index in [1.165, 1.54) is 0 Å². The molecule has 90 valence electrons. The van der Waals surface area contributed by atoms with Gasteiger partial charge in [0.2, 0.25) is 5.79 Å². The molecule has 6 nitrogen and oxygen atoms in total. The summed E-state index contributed by atoms with van der Waals surface area (Å²) in [5.74, 6) is -1.84. The highest BCUT2D eigenvalue weighted by Gasteiger charge is 2.48. The molecule has 1 aliphatic rings. The third-order valence-corrected chi connectivity index (χ3v) is 2.45. The van der Waals surface area contributed by atoms with E-state index in [9.17, 15) is 20.4 Å². The molecular formula is C9H19NO5. The maximum absolute atomic E-state index is 9.87. The molecule has 15 heavy (non-hydrogen) atoms. The van der Waals surface area contributed by atoms with Crippen molar-refractivity contribution in [2.75, 3.05) is 13.2 Å². The average Bonchev–Trinajstić information content (AvgIpc) is 2.19. The minimum atomic E-state index is -1.84. The molecule has 0 amide bonds. The van der Waals surface area contributed by atoms with Crippen LogP contribution in [0.4, 0.5) is 0 Å². The molecule has 6 heteroatoms.